The maximum Gasteiger partial charge on any atom is 0.408 e. The Labute approximate surface area is 221 Å². The minimum atomic E-state index is -0.947. The van der Waals surface area contributed by atoms with Gasteiger partial charge in [0.15, 0.2) is 0 Å². The largest absolute Gasteiger partial charge is 0.444 e. The molecule has 0 heterocycles. The van der Waals surface area contributed by atoms with Crippen molar-refractivity contribution >= 4 is 23.6 Å². The highest BCUT2D eigenvalue weighted by molar-refractivity contribution is 5.99. The number of alkyl carbamates (subject to hydrolysis) is 1. The Morgan fingerprint density at radius 1 is 1.05 bits per heavy atom. The fourth-order valence-corrected chi connectivity index (χ4v) is 3.91. The van der Waals surface area contributed by atoms with Crippen LogP contribution in [0.2, 0.25) is 0 Å². The van der Waals surface area contributed by atoms with Crippen LogP contribution in [-0.4, -0.2) is 41.0 Å². The Kier molecular flexibility index (Phi) is 10.5. The maximum absolute atomic E-state index is 14.0. The second-order valence-corrected chi connectivity index (χ2v) is 10.4. The number of carbonyl (C=O) groups excluding carboxylic acids is 3. The Hall–Kier alpha value is -3.61. The van der Waals surface area contributed by atoms with Gasteiger partial charge in [-0.3, -0.25) is 9.59 Å². The summed E-state index contributed by atoms with van der Waals surface area (Å²) in [7, 11) is 0. The molecule has 0 aromatic heterocycles. The van der Waals surface area contributed by atoms with Gasteiger partial charge in [-0.05, 0) is 62.8 Å². The molecule has 200 valence electrons. The van der Waals surface area contributed by atoms with Crippen LogP contribution in [0.15, 0.2) is 61.2 Å². The average Bonchev–Trinajstić information content (AvgIpc) is 2.82. The standard InChI is InChI=1S/C30H41N3O4/c1-9-19-33(28(35)25(20(3)4)32-29(36)37-30(6,7)8)26(23-17-15-22(10-2)16-18-23)27(34)31-24-14-12-11-13-21(24)5/h9,11-18,20,25-26H,1,10,19H2,2-8H3,(H,31,34)(H,32,36). The van der Waals surface area contributed by atoms with Crippen LogP contribution in [0.3, 0.4) is 0 Å². The summed E-state index contributed by atoms with van der Waals surface area (Å²) in [6, 6.07) is 13.3. The van der Waals surface area contributed by atoms with Crippen molar-refractivity contribution in [2.45, 2.75) is 72.6 Å². The molecule has 0 aliphatic rings. The zero-order valence-electron chi connectivity index (χ0n) is 23.1. The minimum absolute atomic E-state index is 0.111. The van der Waals surface area contributed by atoms with Crippen molar-refractivity contribution in [2.75, 3.05) is 11.9 Å². The lowest BCUT2D eigenvalue weighted by molar-refractivity contribution is -0.141. The number of ether oxygens (including phenoxy) is 1. The van der Waals surface area contributed by atoms with Gasteiger partial charge in [-0.1, -0.05) is 69.3 Å². The molecule has 0 fully saturated rings. The number of benzene rings is 2. The first-order valence-electron chi connectivity index (χ1n) is 12.7. The number of para-hydroxylation sites is 1. The van der Waals surface area contributed by atoms with Gasteiger partial charge in [-0.2, -0.15) is 0 Å². The molecule has 2 aromatic carbocycles. The first kappa shape index (κ1) is 29.6. The molecule has 0 aliphatic heterocycles. The molecular formula is C30H41N3O4. The fourth-order valence-electron chi connectivity index (χ4n) is 3.91. The predicted molar refractivity (Wildman–Crippen MR) is 148 cm³/mol. The molecule has 2 atom stereocenters. The quantitative estimate of drug-likeness (QED) is 0.398. The summed E-state index contributed by atoms with van der Waals surface area (Å²) in [6.07, 6.45) is 1.74. The van der Waals surface area contributed by atoms with Crippen LogP contribution in [0, 0.1) is 12.8 Å². The van der Waals surface area contributed by atoms with Gasteiger partial charge in [0.05, 0.1) is 0 Å². The zero-order chi connectivity index (χ0) is 27.8. The van der Waals surface area contributed by atoms with Crippen molar-refractivity contribution in [1.29, 1.82) is 0 Å². The van der Waals surface area contributed by atoms with Gasteiger partial charge >= 0.3 is 6.09 Å². The minimum Gasteiger partial charge on any atom is -0.444 e. The molecule has 0 radical (unpaired) electrons. The number of carbonyl (C=O) groups is 3. The molecule has 7 heteroatoms. The lowest BCUT2D eigenvalue weighted by Crippen LogP contribution is -2.54. The highest BCUT2D eigenvalue weighted by Crippen LogP contribution is 2.27. The van der Waals surface area contributed by atoms with Gasteiger partial charge < -0.3 is 20.3 Å². The van der Waals surface area contributed by atoms with Crippen LogP contribution in [-0.2, 0) is 20.7 Å². The Morgan fingerprint density at radius 3 is 2.19 bits per heavy atom. The van der Waals surface area contributed by atoms with Gasteiger partial charge in [0.1, 0.15) is 17.7 Å². The third-order valence-corrected chi connectivity index (χ3v) is 5.88. The highest BCUT2D eigenvalue weighted by Gasteiger charge is 2.37. The number of amides is 3. The number of rotatable bonds is 10. The number of anilines is 1. The van der Waals surface area contributed by atoms with Crippen molar-refractivity contribution in [3.05, 3.63) is 77.9 Å². The molecule has 7 nitrogen and oxygen atoms in total. The van der Waals surface area contributed by atoms with E-state index in [4.69, 9.17) is 4.74 Å². The summed E-state index contributed by atoms with van der Waals surface area (Å²) in [5.74, 6) is -1.01. The highest BCUT2D eigenvalue weighted by atomic mass is 16.6. The smallest absolute Gasteiger partial charge is 0.408 e. The van der Waals surface area contributed by atoms with Crippen LogP contribution in [0.5, 0.6) is 0 Å². The molecular weight excluding hydrogens is 466 g/mol. The number of aryl methyl sites for hydroxylation is 2. The van der Waals surface area contributed by atoms with E-state index >= 15 is 0 Å². The molecule has 37 heavy (non-hydrogen) atoms. The summed E-state index contributed by atoms with van der Waals surface area (Å²) in [5.41, 5.74) is 2.64. The van der Waals surface area contributed by atoms with Crippen LogP contribution < -0.4 is 10.6 Å². The summed E-state index contributed by atoms with van der Waals surface area (Å²) in [6.45, 7) is 16.8. The topological polar surface area (TPSA) is 87.7 Å². The monoisotopic (exact) mass is 507 g/mol. The van der Waals surface area contributed by atoms with Crippen LogP contribution >= 0.6 is 0 Å². The van der Waals surface area contributed by atoms with Gasteiger partial charge in [0.25, 0.3) is 5.91 Å². The third kappa shape index (κ3) is 8.48. The van der Waals surface area contributed by atoms with E-state index < -0.39 is 29.7 Å². The van der Waals surface area contributed by atoms with Crippen molar-refractivity contribution < 1.29 is 19.1 Å². The number of nitrogens with zero attached hydrogens (tertiary/aromatic N) is 1. The summed E-state index contributed by atoms with van der Waals surface area (Å²) in [4.78, 5) is 41.8. The first-order valence-corrected chi connectivity index (χ1v) is 12.7. The lowest BCUT2D eigenvalue weighted by atomic mass is 9.97. The first-order chi connectivity index (χ1) is 17.4. The van der Waals surface area contributed by atoms with Crippen molar-refractivity contribution in [3.8, 4) is 0 Å². The SMILES string of the molecule is C=CCN(C(=O)C(NC(=O)OC(C)(C)C)C(C)C)C(C(=O)Nc1ccccc1C)c1ccc(CC)cc1. The molecule has 2 aromatic rings. The van der Waals surface area contributed by atoms with E-state index in [0.717, 1.165) is 17.5 Å². The van der Waals surface area contributed by atoms with E-state index in [1.54, 1.807) is 26.8 Å². The maximum atomic E-state index is 14.0. The van der Waals surface area contributed by atoms with E-state index in [0.29, 0.717) is 11.3 Å². The van der Waals surface area contributed by atoms with Crippen molar-refractivity contribution in [1.82, 2.24) is 10.2 Å². The van der Waals surface area contributed by atoms with E-state index in [1.165, 1.54) is 4.90 Å². The molecule has 2 unspecified atom stereocenters. The Balaban J connectivity index is 2.51. The van der Waals surface area contributed by atoms with Gasteiger partial charge in [-0.25, -0.2) is 4.79 Å². The number of hydrogen-bond acceptors (Lipinski definition) is 4. The molecule has 3 amide bonds. The van der Waals surface area contributed by atoms with Gasteiger partial charge in [0.2, 0.25) is 5.91 Å². The molecule has 2 N–H and O–H groups in total. The summed E-state index contributed by atoms with van der Waals surface area (Å²) >= 11 is 0. The normalized spacial score (nSPS) is 12.9. The Morgan fingerprint density at radius 2 is 1.68 bits per heavy atom. The molecule has 0 bridgehead atoms. The number of nitrogens with one attached hydrogen (secondary N) is 2. The zero-order valence-corrected chi connectivity index (χ0v) is 23.1. The molecule has 0 aliphatic carbocycles. The third-order valence-electron chi connectivity index (χ3n) is 5.88. The molecule has 0 saturated heterocycles. The predicted octanol–water partition coefficient (Wildman–Crippen LogP) is 5.80. The van der Waals surface area contributed by atoms with Crippen LogP contribution in [0.25, 0.3) is 0 Å². The van der Waals surface area contributed by atoms with Crippen LogP contribution in [0.1, 0.15) is 64.3 Å². The van der Waals surface area contributed by atoms with Crippen molar-refractivity contribution in [3.63, 3.8) is 0 Å². The van der Waals surface area contributed by atoms with E-state index in [-0.39, 0.29) is 18.4 Å². The van der Waals surface area contributed by atoms with E-state index in [1.807, 2.05) is 69.3 Å². The second-order valence-electron chi connectivity index (χ2n) is 10.4. The van der Waals surface area contributed by atoms with E-state index in [9.17, 15) is 14.4 Å². The molecule has 0 saturated carbocycles. The lowest BCUT2D eigenvalue weighted by Gasteiger charge is -2.35. The number of hydrogen-bond donors (Lipinski definition) is 2. The summed E-state index contributed by atoms with van der Waals surface area (Å²) in [5, 5.41) is 5.71. The molecule has 0 spiro atoms. The van der Waals surface area contributed by atoms with Crippen LogP contribution in [0.4, 0.5) is 10.5 Å². The average molecular weight is 508 g/mol. The molecule has 2 rings (SSSR count). The van der Waals surface area contributed by atoms with Gasteiger partial charge in [0, 0.05) is 12.2 Å². The van der Waals surface area contributed by atoms with Crippen molar-refractivity contribution in [2.24, 2.45) is 5.92 Å². The summed E-state index contributed by atoms with van der Waals surface area (Å²) < 4.78 is 5.40. The Bertz CT molecular complexity index is 1090. The fraction of sp³-hybridized carbons (Fsp3) is 0.433. The van der Waals surface area contributed by atoms with Gasteiger partial charge in [-0.15, -0.1) is 6.58 Å². The van der Waals surface area contributed by atoms with E-state index in [2.05, 4.69) is 24.1 Å². The second kappa shape index (κ2) is 13.1.